The Morgan fingerprint density at radius 1 is 0.675 bits per heavy atom. The number of hydrogen-bond donors (Lipinski definition) is 0. The molecule has 4 heteroatoms. The standard InChI is InChI=1S/C36H26N4/c37-23-30-25(14-9-19-35(30)39-31-15-5-1-10-26(31)27-11-2-6-16-32(27)39)24-20-21-38-36(22-24)40-33-17-7-3-12-28(33)29-13-4-8-18-34(29)40/h1-8,10-13,15-18,20-22,35H,9,14,19H2. The molecule has 0 fully saturated rings. The smallest absolute Gasteiger partial charge is 0.138 e. The Labute approximate surface area is 232 Å². The Hall–Kier alpha value is -5.14. The van der Waals surface area contributed by atoms with E-state index in [1.807, 2.05) is 6.20 Å². The van der Waals surface area contributed by atoms with Gasteiger partial charge in [-0.25, -0.2) is 4.98 Å². The number of benzene rings is 4. The second-order valence-corrected chi connectivity index (χ2v) is 10.6. The molecule has 0 aliphatic heterocycles. The van der Waals surface area contributed by atoms with E-state index in [-0.39, 0.29) is 6.04 Å². The van der Waals surface area contributed by atoms with Crippen molar-refractivity contribution in [1.29, 1.82) is 5.26 Å². The Morgan fingerprint density at radius 3 is 1.77 bits per heavy atom. The maximum atomic E-state index is 10.6. The fraction of sp³-hybridized carbons (Fsp3) is 0.111. The summed E-state index contributed by atoms with van der Waals surface area (Å²) in [5.41, 5.74) is 7.70. The van der Waals surface area contributed by atoms with Gasteiger partial charge in [-0.15, -0.1) is 0 Å². The van der Waals surface area contributed by atoms with Crippen LogP contribution < -0.4 is 0 Å². The van der Waals surface area contributed by atoms with E-state index < -0.39 is 0 Å². The summed E-state index contributed by atoms with van der Waals surface area (Å²) in [7, 11) is 0. The fourth-order valence-electron chi connectivity index (χ4n) is 6.84. The Kier molecular flexibility index (Phi) is 5.11. The summed E-state index contributed by atoms with van der Waals surface area (Å²) in [5.74, 6) is 0.874. The van der Waals surface area contributed by atoms with E-state index in [1.54, 1.807) is 0 Å². The average molecular weight is 515 g/mol. The third-order valence-corrected chi connectivity index (χ3v) is 8.52. The molecular weight excluding hydrogens is 488 g/mol. The van der Waals surface area contributed by atoms with Crippen molar-refractivity contribution in [3.8, 4) is 11.9 Å². The van der Waals surface area contributed by atoms with Crippen LogP contribution in [0.15, 0.2) is 121 Å². The predicted octanol–water partition coefficient (Wildman–Crippen LogP) is 8.99. The molecule has 0 saturated carbocycles. The summed E-state index contributed by atoms with van der Waals surface area (Å²) in [6.45, 7) is 0. The zero-order valence-corrected chi connectivity index (χ0v) is 22.0. The summed E-state index contributed by atoms with van der Waals surface area (Å²) < 4.78 is 4.64. The molecule has 0 bridgehead atoms. The van der Waals surface area contributed by atoms with Crippen LogP contribution >= 0.6 is 0 Å². The van der Waals surface area contributed by atoms with Crippen molar-refractivity contribution in [1.82, 2.24) is 14.1 Å². The first kappa shape index (κ1) is 22.8. The summed E-state index contributed by atoms with van der Waals surface area (Å²) in [4.78, 5) is 4.83. The van der Waals surface area contributed by atoms with E-state index in [0.29, 0.717) is 0 Å². The Morgan fingerprint density at radius 2 is 1.20 bits per heavy atom. The Bertz CT molecular complexity index is 2060. The van der Waals surface area contributed by atoms with Crippen molar-refractivity contribution in [3.05, 3.63) is 127 Å². The second-order valence-electron chi connectivity index (χ2n) is 10.6. The summed E-state index contributed by atoms with van der Waals surface area (Å²) in [6, 6.07) is 41.0. The fourth-order valence-corrected chi connectivity index (χ4v) is 6.84. The minimum absolute atomic E-state index is 0.0107. The Balaban J connectivity index is 1.33. The van der Waals surface area contributed by atoms with Crippen LogP contribution in [0.25, 0.3) is 55.0 Å². The minimum atomic E-state index is -0.0107. The number of allylic oxidation sites excluding steroid dienone is 2. The molecule has 0 N–H and O–H groups in total. The normalized spacial score (nSPS) is 15.8. The molecule has 1 atom stereocenters. The number of hydrogen-bond acceptors (Lipinski definition) is 2. The monoisotopic (exact) mass is 514 g/mol. The number of rotatable bonds is 3. The maximum Gasteiger partial charge on any atom is 0.138 e. The van der Waals surface area contributed by atoms with Crippen LogP contribution in [0.5, 0.6) is 0 Å². The third-order valence-electron chi connectivity index (χ3n) is 8.52. The van der Waals surface area contributed by atoms with Gasteiger partial charge >= 0.3 is 0 Å². The van der Waals surface area contributed by atoms with Crippen molar-refractivity contribution in [3.63, 3.8) is 0 Å². The molecule has 0 amide bonds. The predicted molar refractivity (Wildman–Crippen MR) is 163 cm³/mol. The van der Waals surface area contributed by atoms with E-state index in [0.717, 1.165) is 52.8 Å². The number of para-hydroxylation sites is 4. The van der Waals surface area contributed by atoms with Crippen molar-refractivity contribution in [2.45, 2.75) is 25.3 Å². The lowest BCUT2D eigenvalue weighted by molar-refractivity contribution is 0.532. The van der Waals surface area contributed by atoms with Crippen LogP contribution in [0.2, 0.25) is 0 Å². The van der Waals surface area contributed by atoms with Crippen molar-refractivity contribution >= 4 is 49.2 Å². The topological polar surface area (TPSA) is 46.5 Å². The van der Waals surface area contributed by atoms with Gasteiger partial charge in [0.1, 0.15) is 5.82 Å². The number of nitrogens with zero attached hydrogens (tertiary/aromatic N) is 4. The molecule has 0 saturated heterocycles. The van der Waals surface area contributed by atoms with Gasteiger partial charge in [-0.05, 0) is 66.8 Å². The highest BCUT2D eigenvalue weighted by Crippen LogP contribution is 2.43. The van der Waals surface area contributed by atoms with Gasteiger partial charge in [0.05, 0.1) is 28.7 Å². The van der Waals surface area contributed by atoms with Crippen LogP contribution in [-0.2, 0) is 0 Å². The molecule has 8 rings (SSSR count). The molecule has 4 nitrogen and oxygen atoms in total. The van der Waals surface area contributed by atoms with Crippen molar-refractivity contribution in [2.24, 2.45) is 0 Å². The molecule has 7 aromatic rings. The van der Waals surface area contributed by atoms with E-state index in [2.05, 4.69) is 124 Å². The average Bonchev–Trinajstić information content (AvgIpc) is 3.54. The molecule has 3 aromatic heterocycles. The summed E-state index contributed by atoms with van der Waals surface area (Å²) in [6.07, 6.45) is 4.74. The maximum absolute atomic E-state index is 10.6. The van der Waals surface area contributed by atoms with Gasteiger partial charge in [0.2, 0.25) is 0 Å². The molecule has 1 aliphatic carbocycles. The van der Waals surface area contributed by atoms with Gasteiger partial charge in [0.25, 0.3) is 0 Å². The lowest BCUT2D eigenvalue weighted by Crippen LogP contribution is -2.16. The molecule has 1 aliphatic rings. The van der Waals surface area contributed by atoms with Crippen LogP contribution in [0.1, 0.15) is 30.9 Å². The van der Waals surface area contributed by atoms with Gasteiger partial charge in [0.15, 0.2) is 0 Å². The third kappa shape index (κ3) is 3.28. The van der Waals surface area contributed by atoms with Crippen LogP contribution in [0.3, 0.4) is 0 Å². The quantitative estimate of drug-likeness (QED) is 0.236. The summed E-state index contributed by atoms with van der Waals surface area (Å²) in [5, 5.41) is 15.5. The highest BCUT2D eigenvalue weighted by Gasteiger charge is 2.28. The molecule has 3 heterocycles. The number of nitriles is 1. The zero-order valence-electron chi connectivity index (χ0n) is 22.0. The first-order chi connectivity index (χ1) is 19.8. The highest BCUT2D eigenvalue weighted by molar-refractivity contribution is 6.09. The van der Waals surface area contributed by atoms with Crippen LogP contribution in [-0.4, -0.2) is 14.1 Å². The number of aromatic nitrogens is 3. The van der Waals surface area contributed by atoms with Gasteiger partial charge in [-0.2, -0.15) is 5.26 Å². The van der Waals surface area contributed by atoms with E-state index in [1.165, 1.54) is 32.6 Å². The van der Waals surface area contributed by atoms with Crippen LogP contribution in [0.4, 0.5) is 0 Å². The minimum Gasteiger partial charge on any atom is -0.332 e. The zero-order chi connectivity index (χ0) is 26.6. The molecule has 40 heavy (non-hydrogen) atoms. The largest absolute Gasteiger partial charge is 0.332 e. The number of fused-ring (bicyclic) bond motifs is 6. The highest BCUT2D eigenvalue weighted by atomic mass is 15.1. The molecule has 190 valence electrons. The molecular formula is C36H26N4. The second kappa shape index (κ2) is 8.97. The number of pyridine rings is 1. The van der Waals surface area contributed by atoms with E-state index in [9.17, 15) is 5.26 Å². The first-order valence-electron chi connectivity index (χ1n) is 13.9. The summed E-state index contributed by atoms with van der Waals surface area (Å²) >= 11 is 0. The van der Waals surface area contributed by atoms with Gasteiger partial charge in [-0.3, -0.25) is 4.57 Å². The van der Waals surface area contributed by atoms with E-state index >= 15 is 0 Å². The molecule has 0 spiro atoms. The van der Waals surface area contributed by atoms with Gasteiger partial charge in [0, 0.05) is 38.8 Å². The molecule has 0 radical (unpaired) electrons. The molecule has 1 unspecified atom stereocenters. The van der Waals surface area contributed by atoms with Gasteiger partial charge in [-0.1, -0.05) is 72.8 Å². The SMILES string of the molecule is N#CC1=C(c2ccnc(-n3c4ccccc4c4ccccc43)c2)CCCC1n1c2ccccc2c2ccccc21. The van der Waals surface area contributed by atoms with E-state index in [4.69, 9.17) is 4.98 Å². The van der Waals surface area contributed by atoms with Crippen LogP contribution in [0, 0.1) is 11.3 Å². The molecule has 4 aromatic carbocycles. The lowest BCUT2D eigenvalue weighted by Gasteiger charge is -2.28. The first-order valence-corrected chi connectivity index (χ1v) is 13.9. The van der Waals surface area contributed by atoms with Crippen molar-refractivity contribution < 1.29 is 0 Å². The van der Waals surface area contributed by atoms with Crippen molar-refractivity contribution in [2.75, 3.05) is 0 Å². The van der Waals surface area contributed by atoms with Gasteiger partial charge < -0.3 is 4.57 Å². The lowest BCUT2D eigenvalue weighted by atomic mass is 9.84.